The van der Waals surface area contributed by atoms with Gasteiger partial charge in [0.2, 0.25) is 5.55 Å². The summed E-state index contributed by atoms with van der Waals surface area (Å²) in [6, 6.07) is 7.23. The summed E-state index contributed by atoms with van der Waals surface area (Å²) in [6.45, 7) is 12.2. The molecule has 36 heavy (non-hydrogen) atoms. The van der Waals surface area contributed by atoms with Crippen molar-refractivity contribution in [2.45, 2.75) is 34.6 Å². The van der Waals surface area contributed by atoms with Crippen LogP contribution < -0.4 is 15.8 Å². The van der Waals surface area contributed by atoms with E-state index in [1.54, 1.807) is 17.9 Å². The molecule has 0 aliphatic rings. The molecular formula is C26H32N4O5S. The Morgan fingerprint density at radius 1 is 1.06 bits per heavy atom. The molecule has 3 rings (SSSR count). The standard InChI is InChI=1S/C26H32N4O5S/c1-7-29(8-2)17-12-11-16-13-18(22(27)35-19(16)14-17)23(31)28-24-20(26(33)34-6)15(5)21(36-24)25(32)30(9-3)10-4/h11-14,27H,7-10H2,1-6H3,(H,28,31). The molecule has 0 saturated heterocycles. The molecule has 0 fully saturated rings. The van der Waals surface area contributed by atoms with E-state index in [1.807, 2.05) is 32.0 Å². The topological polar surface area (TPSA) is 116 Å². The van der Waals surface area contributed by atoms with Gasteiger partial charge in [0.1, 0.15) is 16.1 Å². The number of ether oxygens (including phenoxy) is 1. The minimum Gasteiger partial charge on any atom is -0.465 e. The van der Waals surface area contributed by atoms with Crippen LogP contribution in [0.1, 0.15) is 63.6 Å². The van der Waals surface area contributed by atoms with Crippen molar-refractivity contribution in [3.63, 3.8) is 0 Å². The molecule has 0 saturated carbocycles. The molecule has 2 heterocycles. The summed E-state index contributed by atoms with van der Waals surface area (Å²) in [6.07, 6.45) is 0. The van der Waals surface area contributed by atoms with Gasteiger partial charge in [-0.25, -0.2) is 4.79 Å². The van der Waals surface area contributed by atoms with E-state index in [0.29, 0.717) is 34.5 Å². The highest BCUT2D eigenvalue weighted by molar-refractivity contribution is 7.18. The molecule has 0 atom stereocenters. The average molecular weight is 513 g/mol. The number of fused-ring (bicyclic) bond motifs is 1. The van der Waals surface area contributed by atoms with Crippen LogP contribution >= 0.6 is 11.3 Å². The van der Waals surface area contributed by atoms with Gasteiger partial charge in [-0.3, -0.25) is 15.0 Å². The maximum atomic E-state index is 13.2. The Morgan fingerprint density at radius 3 is 2.31 bits per heavy atom. The molecule has 0 radical (unpaired) electrons. The summed E-state index contributed by atoms with van der Waals surface area (Å²) in [5.74, 6) is -1.50. The van der Waals surface area contributed by atoms with Crippen molar-refractivity contribution in [1.29, 1.82) is 5.41 Å². The van der Waals surface area contributed by atoms with Crippen molar-refractivity contribution in [1.82, 2.24) is 4.90 Å². The molecule has 192 valence electrons. The summed E-state index contributed by atoms with van der Waals surface area (Å²) in [7, 11) is 1.24. The first-order chi connectivity index (χ1) is 17.2. The van der Waals surface area contributed by atoms with E-state index in [9.17, 15) is 14.4 Å². The third kappa shape index (κ3) is 5.13. The molecule has 9 nitrogen and oxygen atoms in total. The molecule has 2 N–H and O–H groups in total. The van der Waals surface area contributed by atoms with Gasteiger partial charge in [0, 0.05) is 43.3 Å². The van der Waals surface area contributed by atoms with Crippen LogP contribution in [0.25, 0.3) is 11.0 Å². The summed E-state index contributed by atoms with van der Waals surface area (Å²) < 4.78 is 10.6. The molecule has 10 heteroatoms. The predicted molar refractivity (Wildman–Crippen MR) is 141 cm³/mol. The Hall–Kier alpha value is -3.66. The molecule has 0 aliphatic carbocycles. The van der Waals surface area contributed by atoms with Gasteiger partial charge < -0.3 is 24.3 Å². The Bertz CT molecular complexity index is 1350. The second-order valence-corrected chi connectivity index (χ2v) is 9.09. The maximum Gasteiger partial charge on any atom is 0.341 e. The van der Waals surface area contributed by atoms with Crippen molar-refractivity contribution >= 4 is 50.8 Å². The quantitative estimate of drug-likeness (QED) is 0.403. The van der Waals surface area contributed by atoms with Crippen LogP contribution in [0.4, 0.5) is 10.7 Å². The Morgan fingerprint density at radius 2 is 1.72 bits per heavy atom. The average Bonchev–Trinajstić information content (AvgIpc) is 3.19. The molecule has 0 bridgehead atoms. The van der Waals surface area contributed by atoms with Crippen LogP contribution in [0.15, 0.2) is 28.7 Å². The number of carbonyl (C=O) groups is 3. The van der Waals surface area contributed by atoms with E-state index in [4.69, 9.17) is 14.6 Å². The molecule has 1 aromatic carbocycles. The summed E-state index contributed by atoms with van der Waals surface area (Å²) in [5, 5.41) is 11.9. The van der Waals surface area contributed by atoms with E-state index in [0.717, 1.165) is 30.1 Å². The van der Waals surface area contributed by atoms with Crippen LogP contribution in [0.2, 0.25) is 0 Å². The highest BCUT2D eigenvalue weighted by atomic mass is 32.1. The number of rotatable bonds is 9. The number of hydrogen-bond acceptors (Lipinski definition) is 8. The third-order valence-corrected chi connectivity index (χ3v) is 7.33. The van der Waals surface area contributed by atoms with E-state index in [-0.39, 0.29) is 27.6 Å². The minimum atomic E-state index is -0.657. The normalized spacial score (nSPS) is 10.8. The monoisotopic (exact) mass is 512 g/mol. The number of hydrogen-bond donors (Lipinski definition) is 2. The van der Waals surface area contributed by atoms with Crippen molar-refractivity contribution in [2.24, 2.45) is 0 Å². The zero-order chi connectivity index (χ0) is 26.6. The van der Waals surface area contributed by atoms with Crippen LogP contribution in [-0.2, 0) is 4.74 Å². The number of benzene rings is 1. The first-order valence-electron chi connectivity index (χ1n) is 11.9. The maximum absolute atomic E-state index is 13.2. The second-order valence-electron chi connectivity index (χ2n) is 8.07. The third-order valence-electron chi connectivity index (χ3n) is 6.14. The molecular weight excluding hydrogens is 480 g/mol. The number of anilines is 2. The van der Waals surface area contributed by atoms with E-state index in [2.05, 4.69) is 24.1 Å². The number of thiophene rings is 1. The summed E-state index contributed by atoms with van der Waals surface area (Å²) >= 11 is 1.02. The van der Waals surface area contributed by atoms with Gasteiger partial charge in [-0.05, 0) is 58.4 Å². The van der Waals surface area contributed by atoms with Gasteiger partial charge >= 0.3 is 5.97 Å². The van der Waals surface area contributed by atoms with Crippen LogP contribution in [0.5, 0.6) is 0 Å². The van der Waals surface area contributed by atoms with Gasteiger partial charge in [0.15, 0.2) is 0 Å². The number of nitrogens with one attached hydrogen (secondary N) is 2. The molecule has 0 spiro atoms. The Labute approximate surface area is 214 Å². The van der Waals surface area contributed by atoms with Crippen molar-refractivity contribution < 1.29 is 23.5 Å². The zero-order valence-corrected chi connectivity index (χ0v) is 22.3. The predicted octanol–water partition coefficient (Wildman–Crippen LogP) is 4.65. The highest BCUT2D eigenvalue weighted by Gasteiger charge is 2.28. The van der Waals surface area contributed by atoms with E-state index < -0.39 is 11.9 Å². The fourth-order valence-corrected chi connectivity index (χ4v) is 5.21. The largest absolute Gasteiger partial charge is 0.465 e. The number of methoxy groups -OCH3 is 1. The first-order valence-corrected chi connectivity index (χ1v) is 12.7. The summed E-state index contributed by atoms with van der Waals surface area (Å²) in [4.78, 5) is 42.9. The zero-order valence-electron chi connectivity index (χ0n) is 21.5. The van der Waals surface area contributed by atoms with E-state index >= 15 is 0 Å². The molecule has 3 aromatic rings. The smallest absolute Gasteiger partial charge is 0.341 e. The van der Waals surface area contributed by atoms with Gasteiger partial charge in [-0.2, -0.15) is 0 Å². The lowest BCUT2D eigenvalue weighted by Gasteiger charge is -2.21. The fraction of sp³-hybridized carbons (Fsp3) is 0.385. The first kappa shape index (κ1) is 26.9. The van der Waals surface area contributed by atoms with Gasteiger partial charge in [-0.1, -0.05) is 0 Å². The SMILES string of the molecule is CCN(CC)C(=O)c1sc(NC(=O)c2cc3ccc(N(CC)CC)cc3oc2=N)c(C(=O)OC)c1C. The Balaban J connectivity index is 2.01. The number of esters is 1. The van der Waals surface area contributed by atoms with Crippen LogP contribution in [0.3, 0.4) is 0 Å². The molecule has 2 aromatic heterocycles. The van der Waals surface area contributed by atoms with Crippen LogP contribution in [-0.4, -0.2) is 56.0 Å². The highest BCUT2D eigenvalue weighted by Crippen LogP contribution is 2.35. The minimum absolute atomic E-state index is 0.0107. The van der Waals surface area contributed by atoms with Crippen molar-refractivity contribution in [2.75, 3.05) is 43.5 Å². The number of amides is 2. The lowest BCUT2D eigenvalue weighted by molar-refractivity contribution is 0.0601. The van der Waals surface area contributed by atoms with Gasteiger partial charge in [0.05, 0.1) is 17.6 Å². The fourth-order valence-electron chi connectivity index (χ4n) is 4.05. The Kier molecular flexibility index (Phi) is 8.52. The van der Waals surface area contributed by atoms with Crippen molar-refractivity contribution in [3.05, 3.63) is 51.4 Å². The lowest BCUT2D eigenvalue weighted by atomic mass is 10.1. The number of nitrogens with zero attached hydrogens (tertiary/aromatic N) is 2. The van der Waals surface area contributed by atoms with Gasteiger partial charge in [-0.15, -0.1) is 11.3 Å². The number of carbonyl (C=O) groups excluding carboxylic acids is 3. The van der Waals surface area contributed by atoms with Gasteiger partial charge in [0.25, 0.3) is 11.8 Å². The lowest BCUT2D eigenvalue weighted by Crippen LogP contribution is -2.30. The summed E-state index contributed by atoms with van der Waals surface area (Å²) in [5.41, 5.74) is 1.74. The van der Waals surface area contributed by atoms with Crippen molar-refractivity contribution in [3.8, 4) is 0 Å². The van der Waals surface area contributed by atoms with Crippen LogP contribution in [0, 0.1) is 12.3 Å². The molecule has 2 amide bonds. The molecule has 0 unspecified atom stereocenters. The van der Waals surface area contributed by atoms with E-state index in [1.165, 1.54) is 7.11 Å². The second kappa shape index (κ2) is 11.4. The molecule has 0 aliphatic heterocycles.